The van der Waals surface area contributed by atoms with Crippen LogP contribution in [-0.2, 0) is 14.4 Å². The monoisotopic (exact) mass is 244 g/mol. The number of carbonyl (C=O) groups is 3. The van der Waals surface area contributed by atoms with E-state index >= 15 is 0 Å². The fourth-order valence-corrected chi connectivity index (χ4v) is 1.15. The van der Waals surface area contributed by atoms with Crippen molar-refractivity contribution in [1.82, 2.24) is 5.32 Å². The number of nitrogens with two attached hydrogens (primary N) is 1. The first-order chi connectivity index (χ1) is 7.75. The van der Waals surface area contributed by atoms with Crippen LogP contribution in [0.2, 0.25) is 0 Å². The Balaban J connectivity index is 4.39. The fraction of sp³-hybridized carbons (Fsp3) is 0.727. The normalized spacial score (nSPS) is 14.1. The Kier molecular flexibility index (Phi) is 6.23. The molecule has 2 amide bonds. The zero-order valence-electron chi connectivity index (χ0n) is 10.4. The first-order valence-corrected chi connectivity index (χ1v) is 5.57. The van der Waals surface area contributed by atoms with Crippen molar-refractivity contribution < 1.29 is 19.5 Å². The van der Waals surface area contributed by atoms with Gasteiger partial charge in [0.2, 0.25) is 11.8 Å². The van der Waals surface area contributed by atoms with Crippen LogP contribution in [-0.4, -0.2) is 28.9 Å². The minimum atomic E-state index is -1.16. The number of nitrogens with one attached hydrogen (secondary N) is 1. The highest BCUT2D eigenvalue weighted by Crippen LogP contribution is 2.10. The van der Waals surface area contributed by atoms with E-state index in [4.69, 9.17) is 10.8 Å². The Hall–Kier alpha value is -1.59. The van der Waals surface area contributed by atoms with Gasteiger partial charge in [-0.2, -0.15) is 0 Å². The summed E-state index contributed by atoms with van der Waals surface area (Å²) in [6.07, 6.45) is -0.0471. The van der Waals surface area contributed by atoms with Gasteiger partial charge in [0, 0.05) is 12.3 Å². The smallest absolute Gasteiger partial charge is 0.326 e. The molecule has 2 atom stereocenters. The predicted molar refractivity (Wildman–Crippen MR) is 62.0 cm³/mol. The number of hydrogen-bond acceptors (Lipinski definition) is 3. The van der Waals surface area contributed by atoms with E-state index < -0.39 is 17.9 Å². The third-order valence-electron chi connectivity index (χ3n) is 2.71. The molecule has 0 aromatic heterocycles. The average molecular weight is 244 g/mol. The molecule has 0 heterocycles. The molecule has 0 aliphatic rings. The van der Waals surface area contributed by atoms with Gasteiger partial charge in [-0.25, -0.2) is 4.79 Å². The van der Waals surface area contributed by atoms with Crippen LogP contribution < -0.4 is 11.1 Å². The van der Waals surface area contributed by atoms with Gasteiger partial charge in [0.25, 0.3) is 0 Å². The van der Waals surface area contributed by atoms with Crippen LogP contribution >= 0.6 is 0 Å². The predicted octanol–water partition coefficient (Wildman–Crippen LogP) is 0.113. The Morgan fingerprint density at radius 3 is 2.12 bits per heavy atom. The number of hydrogen-bond donors (Lipinski definition) is 3. The number of primary amides is 1. The van der Waals surface area contributed by atoms with Gasteiger partial charge in [-0.15, -0.1) is 0 Å². The quantitative estimate of drug-likeness (QED) is 0.590. The van der Waals surface area contributed by atoms with E-state index in [9.17, 15) is 14.4 Å². The van der Waals surface area contributed by atoms with E-state index in [0.29, 0.717) is 0 Å². The molecular weight excluding hydrogens is 224 g/mol. The fourth-order valence-electron chi connectivity index (χ4n) is 1.15. The topological polar surface area (TPSA) is 109 Å². The summed E-state index contributed by atoms with van der Waals surface area (Å²) >= 11 is 0. The highest BCUT2D eigenvalue weighted by Gasteiger charge is 2.24. The second-order valence-electron chi connectivity index (χ2n) is 4.44. The van der Waals surface area contributed by atoms with Gasteiger partial charge in [-0.1, -0.05) is 20.8 Å². The van der Waals surface area contributed by atoms with Gasteiger partial charge in [0.05, 0.1) is 0 Å². The van der Waals surface area contributed by atoms with Crippen LogP contribution in [0.4, 0.5) is 0 Å². The van der Waals surface area contributed by atoms with Gasteiger partial charge >= 0.3 is 5.97 Å². The zero-order chi connectivity index (χ0) is 13.6. The summed E-state index contributed by atoms with van der Waals surface area (Å²) in [6, 6.07) is -1.06. The molecule has 0 saturated heterocycles. The Morgan fingerprint density at radius 1 is 1.24 bits per heavy atom. The maximum absolute atomic E-state index is 11.7. The molecule has 4 N–H and O–H groups in total. The molecule has 0 saturated carbocycles. The summed E-state index contributed by atoms with van der Waals surface area (Å²) in [5.74, 6) is -2.21. The van der Waals surface area contributed by atoms with Crippen molar-refractivity contribution in [2.75, 3.05) is 0 Å². The summed E-state index contributed by atoms with van der Waals surface area (Å²) in [5, 5.41) is 11.3. The molecule has 0 fully saturated rings. The van der Waals surface area contributed by atoms with Crippen molar-refractivity contribution in [3.63, 3.8) is 0 Å². The number of carbonyl (C=O) groups excluding carboxylic acids is 2. The second-order valence-corrected chi connectivity index (χ2v) is 4.44. The molecule has 0 aromatic carbocycles. The molecule has 0 aliphatic carbocycles. The summed E-state index contributed by atoms with van der Waals surface area (Å²) in [5.41, 5.74) is 4.94. The highest BCUT2D eigenvalue weighted by atomic mass is 16.4. The largest absolute Gasteiger partial charge is 0.480 e. The maximum Gasteiger partial charge on any atom is 0.326 e. The summed E-state index contributed by atoms with van der Waals surface area (Å²) in [7, 11) is 0. The zero-order valence-corrected chi connectivity index (χ0v) is 10.4. The molecule has 0 bridgehead atoms. The molecule has 0 spiro atoms. The van der Waals surface area contributed by atoms with Crippen LogP contribution in [0.15, 0.2) is 0 Å². The molecule has 17 heavy (non-hydrogen) atoms. The van der Waals surface area contributed by atoms with Crippen LogP contribution in [0.3, 0.4) is 0 Å². The molecule has 0 aromatic rings. The van der Waals surface area contributed by atoms with E-state index in [1.165, 1.54) is 0 Å². The van der Waals surface area contributed by atoms with Crippen LogP contribution in [0.25, 0.3) is 0 Å². The minimum absolute atomic E-state index is 0.0151. The molecule has 0 unspecified atom stereocenters. The van der Waals surface area contributed by atoms with Crippen LogP contribution in [0.5, 0.6) is 0 Å². The third kappa shape index (κ3) is 5.89. The molecule has 0 radical (unpaired) electrons. The molecule has 0 rings (SSSR count). The van der Waals surface area contributed by atoms with Crippen molar-refractivity contribution in [3.8, 4) is 0 Å². The van der Waals surface area contributed by atoms with Gasteiger partial charge in [-0.3, -0.25) is 9.59 Å². The van der Waals surface area contributed by atoms with Crippen molar-refractivity contribution in [2.24, 2.45) is 17.6 Å². The van der Waals surface area contributed by atoms with E-state index in [1.807, 2.05) is 13.8 Å². The van der Waals surface area contributed by atoms with Crippen molar-refractivity contribution >= 4 is 17.8 Å². The lowest BCUT2D eigenvalue weighted by Gasteiger charge is -2.19. The highest BCUT2D eigenvalue weighted by molar-refractivity contribution is 5.85. The molecule has 0 aliphatic heterocycles. The van der Waals surface area contributed by atoms with E-state index in [-0.39, 0.29) is 30.6 Å². The average Bonchev–Trinajstić information content (AvgIpc) is 2.21. The number of aliphatic carboxylic acids is 1. The Morgan fingerprint density at radius 2 is 1.76 bits per heavy atom. The number of carboxylic acid groups (broad SMARTS) is 1. The third-order valence-corrected chi connectivity index (χ3v) is 2.71. The van der Waals surface area contributed by atoms with Gasteiger partial charge < -0.3 is 16.2 Å². The number of carboxylic acids is 1. The van der Waals surface area contributed by atoms with E-state index in [1.54, 1.807) is 6.92 Å². The lowest BCUT2D eigenvalue weighted by Crippen LogP contribution is -2.44. The SMILES string of the molecule is CC(C)[C@H](C)C(=O)N[C@@H](CCC(N)=O)C(=O)O. The van der Waals surface area contributed by atoms with Crippen molar-refractivity contribution in [2.45, 2.75) is 39.7 Å². The number of amides is 2. The number of rotatable bonds is 7. The molecule has 6 nitrogen and oxygen atoms in total. The van der Waals surface area contributed by atoms with Crippen LogP contribution in [0.1, 0.15) is 33.6 Å². The minimum Gasteiger partial charge on any atom is -0.480 e. The lowest BCUT2D eigenvalue weighted by atomic mass is 9.96. The molecule has 98 valence electrons. The van der Waals surface area contributed by atoms with Crippen molar-refractivity contribution in [3.05, 3.63) is 0 Å². The van der Waals surface area contributed by atoms with Gasteiger partial charge in [-0.05, 0) is 12.3 Å². The second kappa shape index (κ2) is 6.88. The summed E-state index contributed by atoms with van der Waals surface area (Å²) < 4.78 is 0. The summed E-state index contributed by atoms with van der Waals surface area (Å²) in [6.45, 7) is 5.49. The summed E-state index contributed by atoms with van der Waals surface area (Å²) in [4.78, 5) is 33.1. The molecular formula is C11H20N2O4. The van der Waals surface area contributed by atoms with Gasteiger partial charge in [0.15, 0.2) is 0 Å². The first-order valence-electron chi connectivity index (χ1n) is 5.57. The lowest BCUT2D eigenvalue weighted by molar-refractivity contribution is -0.143. The standard InChI is InChI=1S/C11H20N2O4/c1-6(2)7(3)10(15)13-8(11(16)17)4-5-9(12)14/h6-8H,4-5H2,1-3H3,(H2,12,14)(H,13,15)(H,16,17)/t7-,8-/m0/s1. The van der Waals surface area contributed by atoms with Gasteiger partial charge in [0.1, 0.15) is 6.04 Å². The van der Waals surface area contributed by atoms with Crippen molar-refractivity contribution in [1.29, 1.82) is 0 Å². The van der Waals surface area contributed by atoms with E-state index in [0.717, 1.165) is 0 Å². The molecule has 6 heteroatoms. The van der Waals surface area contributed by atoms with Crippen LogP contribution in [0, 0.1) is 11.8 Å². The Bertz CT molecular complexity index is 302. The Labute approximate surface area is 101 Å². The maximum atomic E-state index is 11.7. The first kappa shape index (κ1) is 15.4. The van der Waals surface area contributed by atoms with E-state index in [2.05, 4.69) is 5.32 Å².